The fraction of sp³-hybridized carbons (Fsp3) is 0.500. The molecule has 3 N–H and O–H groups in total. The number of aliphatic carboxylic acids is 1. The smallest absolute Gasteiger partial charge is 0.329 e. The Bertz CT molecular complexity index is 504. The van der Waals surface area contributed by atoms with Gasteiger partial charge in [-0.25, -0.2) is 9.59 Å². The molecule has 0 bridgehead atoms. The van der Waals surface area contributed by atoms with E-state index in [1.165, 1.54) is 0 Å². The minimum Gasteiger partial charge on any atom is -0.480 e. The van der Waals surface area contributed by atoms with Crippen molar-refractivity contribution >= 4 is 12.0 Å². The molecule has 5 nitrogen and oxygen atoms in total. The lowest BCUT2D eigenvalue weighted by Crippen LogP contribution is -2.59. The molecule has 0 heterocycles. The summed E-state index contributed by atoms with van der Waals surface area (Å²) in [6.07, 6.45) is 2.82. The third-order valence-electron chi connectivity index (χ3n) is 4.06. The van der Waals surface area contributed by atoms with Crippen LogP contribution in [0.3, 0.4) is 0 Å². The van der Waals surface area contributed by atoms with Crippen molar-refractivity contribution in [2.45, 2.75) is 44.7 Å². The average molecular weight is 290 g/mol. The van der Waals surface area contributed by atoms with Crippen LogP contribution in [0.5, 0.6) is 0 Å². The topological polar surface area (TPSA) is 78.4 Å². The Morgan fingerprint density at radius 2 is 2.05 bits per heavy atom. The second-order valence-electron chi connectivity index (χ2n) is 5.88. The minimum absolute atomic E-state index is 0.310. The summed E-state index contributed by atoms with van der Waals surface area (Å²) in [4.78, 5) is 23.6. The van der Waals surface area contributed by atoms with Crippen LogP contribution in [-0.2, 0) is 11.3 Å². The summed E-state index contributed by atoms with van der Waals surface area (Å²) in [6, 6.07) is 9.11. The van der Waals surface area contributed by atoms with E-state index >= 15 is 0 Å². The monoisotopic (exact) mass is 290 g/mol. The van der Waals surface area contributed by atoms with Gasteiger partial charge in [0.25, 0.3) is 0 Å². The fourth-order valence-corrected chi connectivity index (χ4v) is 2.95. The normalized spacial score (nSPS) is 25.1. The quantitative estimate of drug-likeness (QED) is 0.797. The summed E-state index contributed by atoms with van der Waals surface area (Å²) in [7, 11) is 0. The molecule has 0 radical (unpaired) electrons. The van der Waals surface area contributed by atoms with Gasteiger partial charge in [0.2, 0.25) is 0 Å². The van der Waals surface area contributed by atoms with E-state index in [2.05, 4.69) is 10.6 Å². The van der Waals surface area contributed by atoms with Gasteiger partial charge < -0.3 is 15.7 Å². The highest BCUT2D eigenvalue weighted by atomic mass is 16.4. The highest BCUT2D eigenvalue weighted by Crippen LogP contribution is 2.32. The zero-order chi connectivity index (χ0) is 15.3. The van der Waals surface area contributed by atoms with Gasteiger partial charge in [0.05, 0.1) is 0 Å². The Morgan fingerprint density at radius 3 is 2.67 bits per heavy atom. The van der Waals surface area contributed by atoms with E-state index < -0.39 is 17.5 Å². The first-order valence-corrected chi connectivity index (χ1v) is 7.35. The maximum absolute atomic E-state index is 12.0. The van der Waals surface area contributed by atoms with Crippen LogP contribution >= 0.6 is 0 Å². The summed E-state index contributed by atoms with van der Waals surface area (Å²) in [5.74, 6) is -0.631. The second-order valence-corrected chi connectivity index (χ2v) is 5.88. The van der Waals surface area contributed by atoms with Crippen LogP contribution in [0.1, 0.15) is 38.2 Å². The molecule has 0 aromatic heterocycles. The lowest BCUT2D eigenvalue weighted by Gasteiger charge is -2.37. The molecule has 1 aromatic rings. The van der Waals surface area contributed by atoms with Crippen LogP contribution in [-0.4, -0.2) is 22.6 Å². The van der Waals surface area contributed by atoms with Gasteiger partial charge in [-0.2, -0.15) is 0 Å². The predicted molar refractivity (Wildman–Crippen MR) is 79.8 cm³/mol. The Labute approximate surface area is 124 Å². The molecule has 2 rings (SSSR count). The molecule has 2 unspecified atom stereocenters. The molecule has 1 aliphatic rings. The van der Waals surface area contributed by atoms with Crippen LogP contribution < -0.4 is 10.6 Å². The van der Waals surface area contributed by atoms with E-state index in [-0.39, 0.29) is 0 Å². The maximum Gasteiger partial charge on any atom is 0.329 e. The van der Waals surface area contributed by atoms with Crippen molar-refractivity contribution in [3.63, 3.8) is 0 Å². The molecule has 1 saturated carbocycles. The van der Waals surface area contributed by atoms with Gasteiger partial charge in [-0.15, -0.1) is 0 Å². The number of carbonyl (C=O) groups is 2. The lowest BCUT2D eigenvalue weighted by atomic mass is 9.76. The van der Waals surface area contributed by atoms with Crippen molar-refractivity contribution in [3.05, 3.63) is 35.9 Å². The molecule has 1 aromatic carbocycles. The van der Waals surface area contributed by atoms with E-state index in [0.29, 0.717) is 25.3 Å². The van der Waals surface area contributed by atoms with Crippen molar-refractivity contribution in [2.24, 2.45) is 5.92 Å². The van der Waals surface area contributed by atoms with E-state index in [0.717, 1.165) is 18.4 Å². The van der Waals surface area contributed by atoms with E-state index in [1.807, 2.05) is 37.3 Å². The first kappa shape index (κ1) is 15.4. The van der Waals surface area contributed by atoms with Crippen LogP contribution in [0.25, 0.3) is 0 Å². The molecule has 0 saturated heterocycles. The van der Waals surface area contributed by atoms with Crippen LogP contribution in [0, 0.1) is 5.92 Å². The molecule has 2 amide bonds. The number of carboxylic acids is 1. The van der Waals surface area contributed by atoms with Crippen molar-refractivity contribution < 1.29 is 14.7 Å². The maximum atomic E-state index is 12.0. The number of urea groups is 1. The number of carboxylic acid groups (broad SMARTS) is 1. The molecular formula is C16H22N2O3. The third-order valence-corrected chi connectivity index (χ3v) is 4.06. The van der Waals surface area contributed by atoms with E-state index in [4.69, 9.17) is 0 Å². The summed E-state index contributed by atoms with van der Waals surface area (Å²) >= 11 is 0. The number of rotatable bonds is 4. The SMILES string of the molecule is CC1CCCC(NC(=O)NCc2ccccc2)(C(=O)O)C1. The second kappa shape index (κ2) is 6.61. The van der Waals surface area contributed by atoms with Crippen LogP contribution in [0.4, 0.5) is 4.79 Å². The van der Waals surface area contributed by atoms with Crippen molar-refractivity contribution in [2.75, 3.05) is 0 Å². The van der Waals surface area contributed by atoms with E-state index in [1.54, 1.807) is 0 Å². The van der Waals surface area contributed by atoms with Crippen LogP contribution in [0.15, 0.2) is 30.3 Å². The van der Waals surface area contributed by atoms with Crippen LogP contribution in [0.2, 0.25) is 0 Å². The van der Waals surface area contributed by atoms with Crippen molar-refractivity contribution in [1.82, 2.24) is 10.6 Å². The number of hydrogen-bond acceptors (Lipinski definition) is 2. The zero-order valence-electron chi connectivity index (χ0n) is 12.3. The standard InChI is InChI=1S/C16H22N2O3/c1-12-6-5-9-16(10-12,14(19)20)18-15(21)17-11-13-7-3-2-4-8-13/h2-4,7-8,12H,5-6,9-11H2,1H3,(H,19,20)(H2,17,18,21). The molecule has 21 heavy (non-hydrogen) atoms. The van der Waals surface area contributed by atoms with Crippen molar-refractivity contribution in [1.29, 1.82) is 0 Å². The summed E-state index contributed by atoms with van der Waals surface area (Å²) in [5.41, 5.74) is -0.146. The number of hydrogen-bond donors (Lipinski definition) is 3. The van der Waals surface area contributed by atoms with Gasteiger partial charge in [-0.3, -0.25) is 0 Å². The molecular weight excluding hydrogens is 268 g/mol. The highest BCUT2D eigenvalue weighted by Gasteiger charge is 2.43. The molecule has 2 atom stereocenters. The summed E-state index contributed by atoms with van der Waals surface area (Å²) in [6.45, 7) is 2.42. The molecule has 114 valence electrons. The van der Waals surface area contributed by atoms with E-state index in [9.17, 15) is 14.7 Å². The molecule has 1 aliphatic carbocycles. The van der Waals surface area contributed by atoms with Gasteiger partial charge in [0.15, 0.2) is 0 Å². The van der Waals surface area contributed by atoms with Gasteiger partial charge in [0.1, 0.15) is 5.54 Å². The Kier molecular flexibility index (Phi) is 4.83. The van der Waals surface area contributed by atoms with Crippen molar-refractivity contribution in [3.8, 4) is 0 Å². The highest BCUT2D eigenvalue weighted by molar-refractivity contribution is 5.86. The van der Waals surface area contributed by atoms with Gasteiger partial charge in [0, 0.05) is 6.54 Å². The number of nitrogens with one attached hydrogen (secondary N) is 2. The Balaban J connectivity index is 1.94. The number of carbonyl (C=O) groups excluding carboxylic acids is 1. The largest absolute Gasteiger partial charge is 0.480 e. The molecule has 0 aliphatic heterocycles. The predicted octanol–water partition coefficient (Wildman–Crippen LogP) is 2.52. The Hall–Kier alpha value is -2.04. The lowest BCUT2D eigenvalue weighted by molar-refractivity contribution is -0.146. The fourth-order valence-electron chi connectivity index (χ4n) is 2.95. The average Bonchev–Trinajstić information content (AvgIpc) is 2.46. The first-order chi connectivity index (χ1) is 10.0. The summed E-state index contributed by atoms with van der Waals surface area (Å²) in [5, 5.41) is 14.9. The number of benzene rings is 1. The number of amides is 2. The zero-order valence-corrected chi connectivity index (χ0v) is 12.3. The molecule has 1 fully saturated rings. The third kappa shape index (κ3) is 3.97. The Morgan fingerprint density at radius 1 is 1.33 bits per heavy atom. The van der Waals surface area contributed by atoms with Gasteiger partial charge >= 0.3 is 12.0 Å². The van der Waals surface area contributed by atoms with Gasteiger partial charge in [-0.1, -0.05) is 50.1 Å². The minimum atomic E-state index is -1.13. The molecule has 5 heteroatoms. The van der Waals surface area contributed by atoms with Gasteiger partial charge in [-0.05, 0) is 24.3 Å². The first-order valence-electron chi connectivity index (χ1n) is 7.35. The summed E-state index contributed by atoms with van der Waals surface area (Å²) < 4.78 is 0. The molecule has 0 spiro atoms.